The van der Waals surface area contributed by atoms with Crippen LogP contribution in [0.3, 0.4) is 0 Å². The molecule has 23 heavy (non-hydrogen) atoms. The molecule has 1 aliphatic heterocycles. The summed E-state index contributed by atoms with van der Waals surface area (Å²) in [5.74, 6) is 3.23. The van der Waals surface area contributed by atoms with Crippen molar-refractivity contribution >= 4 is 5.82 Å². The second kappa shape index (κ2) is 6.37. The highest BCUT2D eigenvalue weighted by Crippen LogP contribution is 2.24. The van der Waals surface area contributed by atoms with Crippen molar-refractivity contribution in [2.24, 2.45) is 5.92 Å². The Morgan fingerprint density at radius 3 is 2.78 bits per heavy atom. The molecule has 120 valence electrons. The van der Waals surface area contributed by atoms with E-state index < -0.39 is 0 Å². The van der Waals surface area contributed by atoms with Gasteiger partial charge in [-0.05, 0) is 51.2 Å². The maximum Gasteiger partial charge on any atom is 0.147 e. The second-order valence-electron chi connectivity index (χ2n) is 6.29. The zero-order valence-corrected chi connectivity index (χ0v) is 14.0. The minimum absolute atomic E-state index is 0.521. The Labute approximate surface area is 136 Å². The molecule has 0 N–H and O–H groups in total. The molecule has 0 bridgehead atoms. The summed E-state index contributed by atoms with van der Waals surface area (Å²) >= 11 is 0. The van der Waals surface area contributed by atoms with Crippen LogP contribution in [-0.2, 0) is 6.54 Å². The Morgan fingerprint density at radius 2 is 2.09 bits per heavy atom. The van der Waals surface area contributed by atoms with Gasteiger partial charge >= 0.3 is 0 Å². The fourth-order valence-corrected chi connectivity index (χ4v) is 3.21. The van der Waals surface area contributed by atoms with E-state index >= 15 is 0 Å². The van der Waals surface area contributed by atoms with E-state index in [0.29, 0.717) is 11.6 Å². The van der Waals surface area contributed by atoms with Gasteiger partial charge in [-0.2, -0.15) is 10.4 Å². The van der Waals surface area contributed by atoms with Crippen molar-refractivity contribution in [3.8, 4) is 6.07 Å². The van der Waals surface area contributed by atoms with E-state index in [1.165, 1.54) is 6.42 Å². The molecule has 0 radical (unpaired) electrons. The van der Waals surface area contributed by atoms with Crippen LogP contribution < -0.4 is 4.90 Å². The first kappa shape index (κ1) is 15.5. The normalized spacial score (nSPS) is 18.0. The van der Waals surface area contributed by atoms with E-state index in [4.69, 9.17) is 0 Å². The predicted molar refractivity (Wildman–Crippen MR) is 88.1 cm³/mol. The predicted octanol–water partition coefficient (Wildman–Crippen LogP) is 2.39. The third kappa shape index (κ3) is 3.34. The molecule has 1 fully saturated rings. The monoisotopic (exact) mass is 310 g/mol. The zero-order chi connectivity index (χ0) is 16.4. The lowest BCUT2D eigenvalue weighted by molar-refractivity contribution is 0.346. The third-order valence-electron chi connectivity index (χ3n) is 4.42. The van der Waals surface area contributed by atoms with Crippen LogP contribution in [0, 0.1) is 38.0 Å². The lowest BCUT2D eigenvalue weighted by Gasteiger charge is -2.33. The number of pyridine rings is 1. The molecule has 6 nitrogen and oxygen atoms in total. The van der Waals surface area contributed by atoms with Gasteiger partial charge in [-0.1, -0.05) is 6.07 Å². The average Bonchev–Trinajstić information content (AvgIpc) is 2.85. The molecule has 0 aliphatic carbocycles. The Hall–Kier alpha value is -2.42. The van der Waals surface area contributed by atoms with Gasteiger partial charge < -0.3 is 4.90 Å². The Balaban J connectivity index is 1.73. The van der Waals surface area contributed by atoms with Crippen LogP contribution in [0.4, 0.5) is 5.82 Å². The first-order valence-corrected chi connectivity index (χ1v) is 8.07. The van der Waals surface area contributed by atoms with Gasteiger partial charge in [0.25, 0.3) is 0 Å². The Kier molecular flexibility index (Phi) is 4.28. The smallest absolute Gasteiger partial charge is 0.147 e. The van der Waals surface area contributed by atoms with Gasteiger partial charge in [0.2, 0.25) is 0 Å². The number of rotatable bonds is 3. The largest absolute Gasteiger partial charge is 0.356 e. The minimum Gasteiger partial charge on any atom is -0.356 e. The van der Waals surface area contributed by atoms with E-state index in [-0.39, 0.29) is 0 Å². The molecule has 3 heterocycles. The Bertz CT molecular complexity index is 742. The van der Waals surface area contributed by atoms with E-state index in [9.17, 15) is 5.26 Å². The number of hydrogen-bond acceptors (Lipinski definition) is 5. The summed E-state index contributed by atoms with van der Waals surface area (Å²) in [5.41, 5.74) is 1.45. The molecule has 1 unspecified atom stereocenters. The molecular formula is C17H22N6. The van der Waals surface area contributed by atoms with Crippen molar-refractivity contribution < 1.29 is 0 Å². The van der Waals surface area contributed by atoms with Crippen molar-refractivity contribution in [2.75, 3.05) is 18.0 Å². The van der Waals surface area contributed by atoms with Gasteiger partial charge in [0.15, 0.2) is 0 Å². The van der Waals surface area contributed by atoms with Crippen molar-refractivity contribution in [1.29, 1.82) is 5.26 Å². The number of nitriles is 1. The number of piperidine rings is 1. The van der Waals surface area contributed by atoms with Gasteiger partial charge in [-0.25, -0.2) is 14.6 Å². The summed E-state index contributed by atoms with van der Waals surface area (Å²) in [4.78, 5) is 11.2. The number of hydrogen-bond donors (Lipinski definition) is 0. The number of aromatic nitrogens is 4. The molecule has 0 aromatic carbocycles. The molecule has 1 saturated heterocycles. The number of anilines is 1. The standard InChI is InChI=1S/C17H22N6/c1-12-6-7-17(20-16(12)9-18)22-8-4-5-15(10-22)11-23-14(3)19-13(2)21-23/h6-7,15H,4-5,8,10-11H2,1-3H3. The van der Waals surface area contributed by atoms with Crippen LogP contribution in [0.25, 0.3) is 0 Å². The SMILES string of the molecule is Cc1nc(C)n(CC2CCCN(c3ccc(C)c(C#N)n3)C2)n1. The van der Waals surface area contributed by atoms with E-state index in [0.717, 1.165) is 49.1 Å². The summed E-state index contributed by atoms with van der Waals surface area (Å²) in [6, 6.07) is 6.17. The second-order valence-corrected chi connectivity index (χ2v) is 6.29. The molecule has 0 spiro atoms. The van der Waals surface area contributed by atoms with Crippen molar-refractivity contribution in [3.63, 3.8) is 0 Å². The van der Waals surface area contributed by atoms with Crippen LogP contribution in [0.1, 0.15) is 35.7 Å². The van der Waals surface area contributed by atoms with E-state index in [2.05, 4.69) is 26.0 Å². The summed E-state index contributed by atoms with van der Waals surface area (Å²) in [7, 11) is 0. The molecule has 3 rings (SSSR count). The fraction of sp³-hybridized carbons (Fsp3) is 0.529. The van der Waals surface area contributed by atoms with E-state index in [1.807, 2.05) is 37.6 Å². The fourth-order valence-electron chi connectivity index (χ4n) is 3.21. The molecule has 1 atom stereocenters. The van der Waals surface area contributed by atoms with Gasteiger partial charge in [0.05, 0.1) is 0 Å². The first-order valence-electron chi connectivity index (χ1n) is 8.07. The highest BCUT2D eigenvalue weighted by molar-refractivity contribution is 5.45. The maximum absolute atomic E-state index is 9.17. The van der Waals surface area contributed by atoms with Crippen molar-refractivity contribution in [3.05, 3.63) is 35.0 Å². The molecule has 0 saturated carbocycles. The van der Waals surface area contributed by atoms with Crippen LogP contribution in [0.2, 0.25) is 0 Å². The van der Waals surface area contributed by atoms with Gasteiger partial charge in [-0.3, -0.25) is 0 Å². The van der Waals surface area contributed by atoms with Crippen molar-refractivity contribution in [2.45, 2.75) is 40.2 Å². The zero-order valence-electron chi connectivity index (χ0n) is 14.0. The number of aryl methyl sites for hydroxylation is 3. The van der Waals surface area contributed by atoms with Crippen LogP contribution >= 0.6 is 0 Å². The summed E-state index contributed by atoms with van der Waals surface area (Å²) in [6.45, 7) is 8.67. The molecule has 0 amide bonds. The van der Waals surface area contributed by atoms with Crippen molar-refractivity contribution in [1.82, 2.24) is 19.7 Å². The van der Waals surface area contributed by atoms with Crippen LogP contribution in [0.15, 0.2) is 12.1 Å². The molecule has 1 aliphatic rings. The summed E-state index contributed by atoms with van der Waals surface area (Å²) < 4.78 is 2.01. The summed E-state index contributed by atoms with van der Waals surface area (Å²) in [6.07, 6.45) is 2.32. The third-order valence-corrected chi connectivity index (χ3v) is 4.42. The van der Waals surface area contributed by atoms with E-state index in [1.54, 1.807) is 0 Å². The lowest BCUT2D eigenvalue weighted by atomic mass is 9.98. The quantitative estimate of drug-likeness (QED) is 0.870. The average molecular weight is 310 g/mol. The maximum atomic E-state index is 9.17. The first-order chi connectivity index (χ1) is 11.1. The molecule has 6 heteroatoms. The highest BCUT2D eigenvalue weighted by Gasteiger charge is 2.22. The van der Waals surface area contributed by atoms with Crippen LogP contribution in [-0.4, -0.2) is 32.8 Å². The van der Waals surface area contributed by atoms with Crippen LogP contribution in [0.5, 0.6) is 0 Å². The van der Waals surface area contributed by atoms with Gasteiger partial charge in [0.1, 0.15) is 29.2 Å². The molecule has 2 aromatic rings. The number of nitrogens with zero attached hydrogens (tertiary/aromatic N) is 6. The highest BCUT2D eigenvalue weighted by atomic mass is 15.3. The Morgan fingerprint density at radius 1 is 1.26 bits per heavy atom. The molecule has 2 aromatic heterocycles. The topological polar surface area (TPSA) is 70.6 Å². The minimum atomic E-state index is 0.521. The van der Waals surface area contributed by atoms with Gasteiger partial charge in [-0.15, -0.1) is 0 Å². The van der Waals surface area contributed by atoms with Gasteiger partial charge in [0, 0.05) is 19.6 Å². The lowest BCUT2D eigenvalue weighted by Crippen LogP contribution is -2.38. The molecular weight excluding hydrogens is 288 g/mol. The summed E-state index contributed by atoms with van der Waals surface area (Å²) in [5, 5.41) is 13.6.